The highest BCUT2D eigenvalue weighted by Crippen LogP contribution is 2.32. The first-order chi connectivity index (χ1) is 18.7. The minimum atomic E-state index is 0.216. The highest BCUT2D eigenvalue weighted by molar-refractivity contribution is 5.95. The number of imidazole rings is 1. The predicted octanol–water partition coefficient (Wildman–Crippen LogP) is 3.45. The fourth-order valence-electron chi connectivity index (χ4n) is 5.39. The van der Waals surface area contributed by atoms with E-state index in [-0.39, 0.29) is 6.10 Å². The minimum Gasteiger partial charge on any atom is -0.489 e. The van der Waals surface area contributed by atoms with Crippen molar-refractivity contribution in [3.05, 3.63) is 48.8 Å². The molecule has 2 aliphatic heterocycles. The lowest BCUT2D eigenvalue weighted by Crippen LogP contribution is -2.44. The van der Waals surface area contributed by atoms with Gasteiger partial charge in [-0.15, -0.1) is 0 Å². The maximum absolute atomic E-state index is 6.21. The van der Waals surface area contributed by atoms with Crippen LogP contribution in [0.15, 0.2) is 48.8 Å². The van der Waals surface area contributed by atoms with E-state index < -0.39 is 0 Å². The van der Waals surface area contributed by atoms with Crippen molar-refractivity contribution < 1.29 is 4.74 Å². The monoisotopic (exact) mass is 509 g/mol. The second kappa shape index (κ2) is 9.70. The first-order valence-corrected chi connectivity index (χ1v) is 13.3. The summed E-state index contributed by atoms with van der Waals surface area (Å²) in [4.78, 5) is 22.7. The SMILES string of the molecule is CN1CCN(c2cccc3[nH]c(-c4n[nH]c5ccc(-c6cncc(OC7CCNCC7)c6)nc45)nc23)CC1. The highest BCUT2D eigenvalue weighted by Gasteiger charge is 2.21. The molecule has 194 valence electrons. The molecule has 0 spiro atoms. The lowest BCUT2D eigenvalue weighted by molar-refractivity contribution is 0.162. The Morgan fingerprint density at radius 3 is 2.66 bits per heavy atom. The molecule has 10 heteroatoms. The molecular formula is C28H31N9O. The number of aromatic amines is 2. The van der Waals surface area contributed by atoms with Gasteiger partial charge in [-0.3, -0.25) is 10.1 Å². The number of pyridine rings is 2. The van der Waals surface area contributed by atoms with Gasteiger partial charge >= 0.3 is 0 Å². The Bertz CT molecular complexity index is 1580. The smallest absolute Gasteiger partial charge is 0.161 e. The van der Waals surface area contributed by atoms with Crippen molar-refractivity contribution in [3.8, 4) is 28.5 Å². The van der Waals surface area contributed by atoms with Gasteiger partial charge in [-0.2, -0.15) is 5.10 Å². The quantitative estimate of drug-likeness (QED) is 0.330. The molecule has 0 amide bonds. The van der Waals surface area contributed by atoms with Crippen molar-refractivity contribution >= 4 is 27.8 Å². The van der Waals surface area contributed by atoms with Gasteiger partial charge in [-0.05, 0) is 63.3 Å². The number of ether oxygens (including phenoxy) is 1. The van der Waals surface area contributed by atoms with Crippen LogP contribution in [0.2, 0.25) is 0 Å². The van der Waals surface area contributed by atoms with E-state index in [0.717, 1.165) is 96.9 Å². The number of anilines is 1. The summed E-state index contributed by atoms with van der Waals surface area (Å²) in [6.45, 7) is 6.04. The Balaban J connectivity index is 1.22. The summed E-state index contributed by atoms with van der Waals surface area (Å²) in [6.07, 6.45) is 5.82. The Hall–Kier alpha value is -4.02. The van der Waals surface area contributed by atoms with E-state index >= 15 is 0 Å². The van der Waals surface area contributed by atoms with E-state index in [9.17, 15) is 0 Å². The molecule has 7 rings (SSSR count). The van der Waals surface area contributed by atoms with Gasteiger partial charge in [0.25, 0.3) is 0 Å². The molecule has 2 fully saturated rings. The average Bonchev–Trinajstić information content (AvgIpc) is 3.58. The van der Waals surface area contributed by atoms with Crippen LogP contribution in [0.5, 0.6) is 5.75 Å². The summed E-state index contributed by atoms with van der Waals surface area (Å²) in [6, 6.07) is 12.3. The van der Waals surface area contributed by atoms with Crippen LogP contribution < -0.4 is 15.0 Å². The number of rotatable bonds is 5. The Kier molecular flexibility index (Phi) is 5.90. The number of para-hydroxylation sites is 1. The summed E-state index contributed by atoms with van der Waals surface area (Å²) in [5, 5.41) is 11.1. The molecule has 0 unspecified atom stereocenters. The van der Waals surface area contributed by atoms with Gasteiger partial charge in [0.2, 0.25) is 0 Å². The fourth-order valence-corrected chi connectivity index (χ4v) is 5.39. The number of piperazine rings is 1. The molecule has 0 atom stereocenters. The van der Waals surface area contributed by atoms with Gasteiger partial charge in [0.15, 0.2) is 11.5 Å². The summed E-state index contributed by atoms with van der Waals surface area (Å²) in [7, 11) is 2.17. The first-order valence-electron chi connectivity index (χ1n) is 13.3. The topological polar surface area (TPSA) is 111 Å². The lowest BCUT2D eigenvalue weighted by atomic mass is 10.1. The maximum atomic E-state index is 6.21. The zero-order valence-corrected chi connectivity index (χ0v) is 21.4. The molecule has 2 saturated heterocycles. The van der Waals surface area contributed by atoms with Crippen LogP contribution in [0.1, 0.15) is 12.8 Å². The molecule has 0 saturated carbocycles. The van der Waals surface area contributed by atoms with Crippen LogP contribution in [0.4, 0.5) is 5.69 Å². The maximum Gasteiger partial charge on any atom is 0.161 e. The number of nitrogens with zero attached hydrogens (tertiary/aromatic N) is 6. The van der Waals surface area contributed by atoms with Crippen LogP contribution in [0.3, 0.4) is 0 Å². The molecule has 10 nitrogen and oxygen atoms in total. The first kappa shape index (κ1) is 23.1. The van der Waals surface area contributed by atoms with Gasteiger partial charge in [-0.25, -0.2) is 9.97 Å². The van der Waals surface area contributed by atoms with Crippen LogP contribution in [-0.4, -0.2) is 87.5 Å². The predicted molar refractivity (Wildman–Crippen MR) is 148 cm³/mol. The third kappa shape index (κ3) is 4.35. The number of H-pyrrole nitrogens is 2. The van der Waals surface area contributed by atoms with Crippen LogP contribution in [0.25, 0.3) is 44.8 Å². The Labute approximate surface area is 220 Å². The zero-order valence-electron chi connectivity index (χ0n) is 21.4. The van der Waals surface area contributed by atoms with Crippen molar-refractivity contribution in [2.75, 3.05) is 51.2 Å². The van der Waals surface area contributed by atoms with E-state index in [1.807, 2.05) is 24.4 Å². The van der Waals surface area contributed by atoms with Crippen molar-refractivity contribution in [3.63, 3.8) is 0 Å². The molecule has 3 N–H and O–H groups in total. The fraction of sp³-hybridized carbons (Fsp3) is 0.357. The number of fused-ring (bicyclic) bond motifs is 2. The van der Waals surface area contributed by atoms with E-state index in [0.29, 0.717) is 11.5 Å². The van der Waals surface area contributed by atoms with E-state index in [4.69, 9.17) is 14.7 Å². The van der Waals surface area contributed by atoms with Crippen molar-refractivity contribution in [1.82, 2.24) is 40.3 Å². The third-order valence-electron chi connectivity index (χ3n) is 7.57. The van der Waals surface area contributed by atoms with E-state index in [1.54, 1.807) is 6.20 Å². The number of benzene rings is 1. The molecule has 2 aliphatic rings. The van der Waals surface area contributed by atoms with Gasteiger partial charge in [-0.1, -0.05) is 6.07 Å². The van der Waals surface area contributed by atoms with Gasteiger partial charge in [0.1, 0.15) is 22.9 Å². The standard InChI is InChI=1S/C28H31N9O/c1-36-11-13-37(14-12-36)24-4-2-3-22-25(24)33-28(32-22)27-26-23(34-35-27)6-5-21(31-26)18-15-20(17-30-16-18)38-19-7-9-29-10-8-19/h2-6,15-17,19,29H,7-14H2,1H3,(H,32,33)(H,34,35). The number of hydrogen-bond acceptors (Lipinski definition) is 8. The second-order valence-electron chi connectivity index (χ2n) is 10.2. The van der Waals surface area contributed by atoms with Crippen LogP contribution >= 0.6 is 0 Å². The number of aromatic nitrogens is 6. The van der Waals surface area contributed by atoms with Crippen LogP contribution in [0, 0.1) is 0 Å². The molecule has 6 heterocycles. The van der Waals surface area contributed by atoms with Gasteiger partial charge in [0.05, 0.1) is 28.6 Å². The zero-order chi connectivity index (χ0) is 25.5. The molecular weight excluding hydrogens is 478 g/mol. The average molecular weight is 510 g/mol. The summed E-state index contributed by atoms with van der Waals surface area (Å²) in [5.41, 5.74) is 7.18. The Morgan fingerprint density at radius 1 is 0.921 bits per heavy atom. The third-order valence-corrected chi connectivity index (χ3v) is 7.57. The van der Waals surface area contributed by atoms with Gasteiger partial charge < -0.3 is 24.8 Å². The molecule has 0 bridgehead atoms. The van der Waals surface area contributed by atoms with Crippen LogP contribution in [-0.2, 0) is 0 Å². The molecule has 0 radical (unpaired) electrons. The minimum absolute atomic E-state index is 0.216. The molecule has 5 aromatic rings. The number of hydrogen-bond donors (Lipinski definition) is 3. The lowest BCUT2D eigenvalue weighted by Gasteiger charge is -2.34. The van der Waals surface area contributed by atoms with Crippen molar-refractivity contribution in [2.45, 2.75) is 18.9 Å². The molecule has 38 heavy (non-hydrogen) atoms. The van der Waals surface area contributed by atoms with Crippen molar-refractivity contribution in [2.24, 2.45) is 0 Å². The van der Waals surface area contributed by atoms with Gasteiger partial charge in [0, 0.05) is 37.9 Å². The number of nitrogens with one attached hydrogen (secondary N) is 3. The van der Waals surface area contributed by atoms with E-state index in [2.05, 4.69) is 60.5 Å². The molecule has 0 aliphatic carbocycles. The molecule has 1 aromatic carbocycles. The van der Waals surface area contributed by atoms with Crippen molar-refractivity contribution in [1.29, 1.82) is 0 Å². The summed E-state index contributed by atoms with van der Waals surface area (Å²) >= 11 is 0. The molecule has 4 aromatic heterocycles. The number of piperidine rings is 1. The summed E-state index contributed by atoms with van der Waals surface area (Å²) in [5.74, 6) is 1.48. The van der Waals surface area contributed by atoms with E-state index in [1.165, 1.54) is 0 Å². The number of likely N-dealkylation sites (N-methyl/N-ethyl adjacent to an activating group) is 1. The Morgan fingerprint density at radius 2 is 1.79 bits per heavy atom. The highest BCUT2D eigenvalue weighted by atomic mass is 16.5. The largest absolute Gasteiger partial charge is 0.489 e. The summed E-state index contributed by atoms with van der Waals surface area (Å²) < 4.78 is 6.21. The normalized spacial score (nSPS) is 17.4. The second-order valence-corrected chi connectivity index (χ2v) is 10.2.